The summed E-state index contributed by atoms with van der Waals surface area (Å²) in [4.78, 5) is 22.4. The summed E-state index contributed by atoms with van der Waals surface area (Å²) in [5, 5.41) is 11.7. The van der Waals surface area contributed by atoms with Gasteiger partial charge in [0.25, 0.3) is 0 Å². The van der Waals surface area contributed by atoms with Crippen molar-refractivity contribution in [1.82, 2.24) is 0 Å². The summed E-state index contributed by atoms with van der Waals surface area (Å²) in [6.07, 6.45) is 2.03. The zero-order valence-electron chi connectivity index (χ0n) is 12.1. The Kier molecular flexibility index (Phi) is 6.80. The van der Waals surface area contributed by atoms with Gasteiger partial charge in [-0.15, -0.1) is 0 Å². The summed E-state index contributed by atoms with van der Waals surface area (Å²) < 4.78 is 10.1. The van der Waals surface area contributed by atoms with Crippen LogP contribution in [0, 0.1) is 0 Å². The number of rotatable bonds is 8. The van der Waals surface area contributed by atoms with Gasteiger partial charge in [0, 0.05) is 11.9 Å². The molecule has 0 bridgehead atoms. The van der Waals surface area contributed by atoms with Crippen LogP contribution in [0.1, 0.15) is 20.3 Å². The molecule has 0 saturated heterocycles. The number of carboxylic acid groups (broad SMARTS) is 1. The van der Waals surface area contributed by atoms with Gasteiger partial charge in [-0.1, -0.05) is 6.92 Å². The third kappa shape index (κ3) is 5.56. The van der Waals surface area contributed by atoms with Gasteiger partial charge < -0.3 is 19.9 Å². The fourth-order valence-corrected chi connectivity index (χ4v) is 1.44. The standard InChI is InChI=1S/C15H19NO5/c1-3-9-21-12-7-5-11(6-8-12)16-10-13(14(17)18)15(19)20-4-2/h5-8,10,16H,3-4,9H2,1-2H3,(H,17,18). The molecule has 0 aliphatic rings. The second-order valence-electron chi connectivity index (χ2n) is 4.10. The van der Waals surface area contributed by atoms with Crippen molar-refractivity contribution >= 4 is 17.6 Å². The van der Waals surface area contributed by atoms with E-state index < -0.39 is 17.5 Å². The van der Waals surface area contributed by atoms with E-state index in [4.69, 9.17) is 9.84 Å². The molecule has 0 fully saturated rings. The lowest BCUT2D eigenvalue weighted by Gasteiger charge is -2.07. The number of carbonyl (C=O) groups excluding carboxylic acids is 1. The van der Waals surface area contributed by atoms with Crippen molar-refractivity contribution in [3.05, 3.63) is 36.0 Å². The van der Waals surface area contributed by atoms with Crippen LogP contribution in [-0.2, 0) is 14.3 Å². The quantitative estimate of drug-likeness (QED) is 0.331. The first-order valence-electron chi connectivity index (χ1n) is 6.68. The number of nitrogens with one attached hydrogen (secondary N) is 1. The van der Waals surface area contributed by atoms with E-state index in [2.05, 4.69) is 10.1 Å². The molecule has 2 N–H and O–H groups in total. The molecule has 0 radical (unpaired) electrons. The second-order valence-corrected chi connectivity index (χ2v) is 4.10. The molecular formula is C15H19NO5. The predicted octanol–water partition coefficient (Wildman–Crippen LogP) is 2.42. The normalized spacial score (nSPS) is 10.9. The van der Waals surface area contributed by atoms with Crippen molar-refractivity contribution in [3.63, 3.8) is 0 Å². The van der Waals surface area contributed by atoms with Crippen LogP contribution < -0.4 is 10.1 Å². The van der Waals surface area contributed by atoms with Crippen molar-refractivity contribution in [3.8, 4) is 5.75 Å². The molecule has 1 rings (SSSR count). The van der Waals surface area contributed by atoms with E-state index in [1.54, 1.807) is 31.2 Å². The van der Waals surface area contributed by atoms with Crippen molar-refractivity contribution in [2.75, 3.05) is 18.5 Å². The Hall–Kier alpha value is -2.50. The van der Waals surface area contributed by atoms with E-state index in [1.807, 2.05) is 6.92 Å². The monoisotopic (exact) mass is 293 g/mol. The van der Waals surface area contributed by atoms with Gasteiger partial charge >= 0.3 is 11.9 Å². The van der Waals surface area contributed by atoms with Crippen LogP contribution in [-0.4, -0.2) is 30.3 Å². The minimum absolute atomic E-state index is 0.118. The molecule has 0 heterocycles. The third-order valence-electron chi connectivity index (χ3n) is 2.44. The molecule has 0 amide bonds. The van der Waals surface area contributed by atoms with Crippen molar-refractivity contribution < 1.29 is 24.2 Å². The fraction of sp³-hybridized carbons (Fsp3) is 0.333. The molecule has 0 aromatic heterocycles. The number of hydrogen-bond donors (Lipinski definition) is 2. The van der Waals surface area contributed by atoms with E-state index in [9.17, 15) is 9.59 Å². The maximum Gasteiger partial charge on any atom is 0.347 e. The molecule has 6 nitrogen and oxygen atoms in total. The SMILES string of the molecule is CCCOc1ccc(NC=C(C(=O)O)C(=O)OCC)cc1. The molecule has 0 atom stereocenters. The number of esters is 1. The minimum atomic E-state index is -1.34. The maximum atomic E-state index is 11.4. The minimum Gasteiger partial charge on any atom is -0.494 e. The summed E-state index contributed by atoms with van der Waals surface area (Å²) in [5.41, 5.74) is 0.185. The Balaban J connectivity index is 2.72. The Morgan fingerprint density at radius 2 is 1.90 bits per heavy atom. The van der Waals surface area contributed by atoms with Gasteiger partial charge in [-0.25, -0.2) is 9.59 Å². The Bertz CT molecular complexity index is 507. The topological polar surface area (TPSA) is 84.9 Å². The van der Waals surface area contributed by atoms with Crippen LogP contribution in [0.4, 0.5) is 5.69 Å². The molecule has 114 valence electrons. The van der Waals surface area contributed by atoms with Crippen LogP contribution >= 0.6 is 0 Å². The molecule has 1 aromatic carbocycles. The summed E-state index contributed by atoms with van der Waals surface area (Å²) in [6.45, 7) is 4.38. The number of hydrogen-bond acceptors (Lipinski definition) is 5. The van der Waals surface area contributed by atoms with Crippen LogP contribution in [0.2, 0.25) is 0 Å². The Morgan fingerprint density at radius 1 is 1.24 bits per heavy atom. The van der Waals surface area contributed by atoms with Gasteiger partial charge in [-0.2, -0.15) is 0 Å². The van der Waals surface area contributed by atoms with E-state index in [0.29, 0.717) is 12.3 Å². The van der Waals surface area contributed by atoms with Crippen molar-refractivity contribution in [1.29, 1.82) is 0 Å². The second kappa shape index (κ2) is 8.63. The summed E-state index contributed by atoms with van der Waals surface area (Å²) in [5.74, 6) is -1.49. The molecule has 1 aromatic rings. The van der Waals surface area contributed by atoms with Crippen molar-refractivity contribution in [2.45, 2.75) is 20.3 Å². The van der Waals surface area contributed by atoms with Crippen molar-refractivity contribution in [2.24, 2.45) is 0 Å². The van der Waals surface area contributed by atoms with Gasteiger partial charge in [0.2, 0.25) is 0 Å². The Labute approximate surface area is 123 Å². The summed E-state index contributed by atoms with van der Waals surface area (Å²) >= 11 is 0. The Morgan fingerprint density at radius 3 is 2.43 bits per heavy atom. The molecule has 0 aliphatic carbocycles. The van der Waals surface area contributed by atoms with E-state index in [0.717, 1.165) is 18.4 Å². The maximum absolute atomic E-state index is 11.4. The smallest absolute Gasteiger partial charge is 0.347 e. The molecule has 0 aliphatic heterocycles. The van der Waals surface area contributed by atoms with Crippen LogP contribution in [0.5, 0.6) is 5.75 Å². The lowest BCUT2D eigenvalue weighted by molar-refractivity contribution is -0.143. The first-order valence-corrected chi connectivity index (χ1v) is 6.68. The molecule has 0 unspecified atom stereocenters. The number of ether oxygens (including phenoxy) is 2. The van der Waals surface area contributed by atoms with Gasteiger partial charge in [0.05, 0.1) is 13.2 Å². The van der Waals surface area contributed by atoms with E-state index in [-0.39, 0.29) is 6.61 Å². The highest BCUT2D eigenvalue weighted by molar-refractivity contribution is 6.13. The van der Waals surface area contributed by atoms with Crippen LogP contribution in [0.15, 0.2) is 36.0 Å². The van der Waals surface area contributed by atoms with E-state index in [1.165, 1.54) is 0 Å². The highest BCUT2D eigenvalue weighted by Crippen LogP contribution is 2.16. The van der Waals surface area contributed by atoms with Gasteiger partial charge in [0.1, 0.15) is 5.75 Å². The highest BCUT2D eigenvalue weighted by atomic mass is 16.5. The summed E-state index contributed by atoms with van der Waals surface area (Å²) in [7, 11) is 0. The zero-order valence-corrected chi connectivity index (χ0v) is 12.1. The lowest BCUT2D eigenvalue weighted by atomic mass is 10.2. The first kappa shape index (κ1) is 16.6. The zero-order chi connectivity index (χ0) is 15.7. The lowest BCUT2D eigenvalue weighted by Crippen LogP contribution is -2.16. The third-order valence-corrected chi connectivity index (χ3v) is 2.44. The van der Waals surface area contributed by atoms with Crippen LogP contribution in [0.3, 0.4) is 0 Å². The summed E-state index contributed by atoms with van der Waals surface area (Å²) in [6, 6.07) is 6.98. The molecule has 0 spiro atoms. The van der Waals surface area contributed by atoms with Crippen LogP contribution in [0.25, 0.3) is 0 Å². The highest BCUT2D eigenvalue weighted by Gasteiger charge is 2.18. The molecule has 6 heteroatoms. The molecule has 0 saturated carbocycles. The van der Waals surface area contributed by atoms with E-state index >= 15 is 0 Å². The predicted molar refractivity (Wildman–Crippen MR) is 78.2 cm³/mol. The van der Waals surface area contributed by atoms with Gasteiger partial charge in [-0.3, -0.25) is 0 Å². The average molecular weight is 293 g/mol. The molecule has 21 heavy (non-hydrogen) atoms. The average Bonchev–Trinajstić information content (AvgIpc) is 2.46. The van der Waals surface area contributed by atoms with Gasteiger partial charge in [0.15, 0.2) is 5.57 Å². The number of benzene rings is 1. The first-order chi connectivity index (χ1) is 10.1. The number of aliphatic carboxylic acids is 1. The number of carboxylic acids is 1. The fourth-order valence-electron chi connectivity index (χ4n) is 1.44. The van der Waals surface area contributed by atoms with Gasteiger partial charge in [-0.05, 0) is 37.6 Å². The number of carbonyl (C=O) groups is 2. The number of anilines is 1. The largest absolute Gasteiger partial charge is 0.494 e. The molecular weight excluding hydrogens is 274 g/mol.